The summed E-state index contributed by atoms with van der Waals surface area (Å²) in [6, 6.07) is 9.38. The number of benzene rings is 1. The number of likely N-dealkylation sites (N-methyl/N-ethyl adjacent to an activating group) is 1. The van der Waals surface area contributed by atoms with Gasteiger partial charge in [0.25, 0.3) is 5.91 Å². The van der Waals surface area contributed by atoms with Gasteiger partial charge in [0.1, 0.15) is 0 Å². The van der Waals surface area contributed by atoms with Gasteiger partial charge in [0.2, 0.25) is 0 Å². The molecule has 0 spiro atoms. The summed E-state index contributed by atoms with van der Waals surface area (Å²) in [5.41, 5.74) is 1.22. The van der Waals surface area contributed by atoms with Crippen molar-refractivity contribution in [2.75, 3.05) is 19.3 Å². The van der Waals surface area contributed by atoms with Crippen LogP contribution < -0.4 is 5.32 Å². The highest BCUT2D eigenvalue weighted by Gasteiger charge is 2.48. The van der Waals surface area contributed by atoms with Crippen molar-refractivity contribution in [2.24, 2.45) is 4.99 Å². The predicted octanol–water partition coefficient (Wildman–Crippen LogP) is 1.92. The lowest BCUT2D eigenvalue weighted by Crippen LogP contribution is -2.63. The van der Waals surface area contributed by atoms with E-state index in [4.69, 9.17) is 0 Å². The standard InChI is InChI=1S/C17H22N4O2S/c1-3-11-24-17-18-14-13(15(22)19-16(23)20(14)2)21(17)10-9-12-7-5-4-6-8-12/h4-8,13-14H,3,9-11H2,1-2H3,(H,19,22,23). The molecule has 0 radical (unpaired) electrons. The number of aliphatic imine (C=N–C) groups is 1. The van der Waals surface area contributed by atoms with Gasteiger partial charge in [0, 0.05) is 19.3 Å². The molecular formula is C17H22N4O2S. The molecule has 1 saturated heterocycles. The van der Waals surface area contributed by atoms with Crippen molar-refractivity contribution in [3.63, 3.8) is 0 Å². The molecule has 2 unspecified atom stereocenters. The fourth-order valence-corrected chi connectivity index (χ4v) is 3.88. The van der Waals surface area contributed by atoms with Gasteiger partial charge in [-0.05, 0) is 18.4 Å². The number of amides is 3. The fourth-order valence-electron chi connectivity index (χ4n) is 2.94. The zero-order chi connectivity index (χ0) is 17.1. The van der Waals surface area contributed by atoms with Crippen LogP contribution in [0.1, 0.15) is 18.9 Å². The summed E-state index contributed by atoms with van der Waals surface area (Å²) < 4.78 is 0. The molecule has 6 nitrogen and oxygen atoms in total. The smallest absolute Gasteiger partial charge is 0.325 e. The van der Waals surface area contributed by atoms with Crippen molar-refractivity contribution in [3.05, 3.63) is 35.9 Å². The average Bonchev–Trinajstić information content (AvgIpc) is 2.96. The lowest BCUT2D eigenvalue weighted by Gasteiger charge is -2.36. The highest BCUT2D eigenvalue weighted by molar-refractivity contribution is 8.13. The third-order valence-corrected chi connectivity index (χ3v) is 5.45. The topological polar surface area (TPSA) is 65.0 Å². The van der Waals surface area contributed by atoms with Crippen LogP contribution >= 0.6 is 11.8 Å². The normalized spacial score (nSPS) is 23.2. The zero-order valence-electron chi connectivity index (χ0n) is 13.9. The molecule has 2 heterocycles. The second-order valence-electron chi connectivity index (χ2n) is 5.95. The lowest BCUT2D eigenvalue weighted by atomic mass is 10.1. The molecule has 2 aliphatic heterocycles. The summed E-state index contributed by atoms with van der Waals surface area (Å²) in [4.78, 5) is 32.5. The fraction of sp³-hybridized carbons (Fsp3) is 0.471. The molecule has 0 saturated carbocycles. The molecule has 0 aliphatic carbocycles. The molecule has 7 heteroatoms. The number of thioether (sulfide) groups is 1. The van der Waals surface area contributed by atoms with Gasteiger partial charge in [-0.3, -0.25) is 10.1 Å². The second kappa shape index (κ2) is 7.25. The minimum absolute atomic E-state index is 0.257. The molecule has 3 rings (SSSR count). The van der Waals surface area contributed by atoms with Crippen LogP contribution in [0.25, 0.3) is 0 Å². The van der Waals surface area contributed by atoms with Crippen LogP contribution in [0, 0.1) is 0 Å². The number of rotatable bonds is 5. The third kappa shape index (κ3) is 3.26. The van der Waals surface area contributed by atoms with Crippen LogP contribution in [0.3, 0.4) is 0 Å². The van der Waals surface area contributed by atoms with Crippen LogP contribution in [0.2, 0.25) is 0 Å². The van der Waals surface area contributed by atoms with E-state index < -0.39 is 12.2 Å². The van der Waals surface area contributed by atoms with Crippen molar-refractivity contribution >= 4 is 28.9 Å². The first-order chi connectivity index (χ1) is 11.6. The number of urea groups is 1. The maximum atomic E-state index is 12.4. The maximum Gasteiger partial charge on any atom is 0.325 e. The summed E-state index contributed by atoms with van der Waals surface area (Å²) in [7, 11) is 1.69. The number of carbonyl (C=O) groups is 2. The van der Waals surface area contributed by atoms with Crippen LogP contribution in [0.15, 0.2) is 35.3 Å². The van der Waals surface area contributed by atoms with Crippen LogP contribution in [-0.2, 0) is 11.2 Å². The van der Waals surface area contributed by atoms with Crippen molar-refractivity contribution in [2.45, 2.75) is 32.0 Å². The molecule has 1 aromatic rings. The minimum atomic E-state index is -0.434. The maximum absolute atomic E-state index is 12.4. The van der Waals surface area contributed by atoms with Gasteiger partial charge in [-0.25, -0.2) is 9.79 Å². The van der Waals surface area contributed by atoms with Gasteiger partial charge in [-0.1, -0.05) is 49.0 Å². The summed E-state index contributed by atoms with van der Waals surface area (Å²) in [6.07, 6.45) is 1.44. The molecule has 1 fully saturated rings. The van der Waals surface area contributed by atoms with E-state index in [0.717, 1.165) is 23.8 Å². The molecule has 128 valence electrons. The zero-order valence-corrected chi connectivity index (χ0v) is 14.8. The van der Waals surface area contributed by atoms with Gasteiger partial charge in [-0.15, -0.1) is 0 Å². The van der Waals surface area contributed by atoms with E-state index in [1.54, 1.807) is 18.8 Å². The van der Waals surface area contributed by atoms with E-state index in [2.05, 4.69) is 34.3 Å². The third-order valence-electron chi connectivity index (χ3n) is 4.24. The molecule has 2 aliphatic rings. The first-order valence-corrected chi connectivity index (χ1v) is 9.19. The Balaban J connectivity index is 1.79. The van der Waals surface area contributed by atoms with Gasteiger partial charge < -0.3 is 9.80 Å². The van der Waals surface area contributed by atoms with Crippen LogP contribution in [-0.4, -0.2) is 58.5 Å². The summed E-state index contributed by atoms with van der Waals surface area (Å²) in [5, 5.41) is 3.29. The molecule has 0 bridgehead atoms. The summed E-state index contributed by atoms with van der Waals surface area (Å²) in [5.74, 6) is 0.686. The van der Waals surface area contributed by atoms with E-state index in [1.807, 2.05) is 18.2 Å². The van der Waals surface area contributed by atoms with Crippen LogP contribution in [0.4, 0.5) is 4.79 Å². The number of hydrogen-bond acceptors (Lipinski definition) is 5. The second-order valence-corrected chi connectivity index (χ2v) is 7.01. The molecular weight excluding hydrogens is 324 g/mol. The van der Waals surface area contributed by atoms with E-state index in [0.29, 0.717) is 6.54 Å². The SMILES string of the molecule is CCCSC1=NC2C(C(=O)NC(=O)N2C)N1CCc1ccccc1. The first kappa shape index (κ1) is 16.8. The van der Waals surface area contributed by atoms with Crippen molar-refractivity contribution in [3.8, 4) is 0 Å². The van der Waals surface area contributed by atoms with E-state index in [-0.39, 0.29) is 11.9 Å². The number of nitrogens with zero attached hydrogens (tertiary/aromatic N) is 3. The monoisotopic (exact) mass is 346 g/mol. The molecule has 3 amide bonds. The Labute approximate surface area is 146 Å². The lowest BCUT2D eigenvalue weighted by molar-refractivity contribution is -0.127. The number of imide groups is 1. The van der Waals surface area contributed by atoms with E-state index in [9.17, 15) is 9.59 Å². The summed E-state index contributed by atoms with van der Waals surface area (Å²) in [6.45, 7) is 2.82. The number of nitrogens with one attached hydrogen (secondary N) is 1. The van der Waals surface area contributed by atoms with Gasteiger partial charge in [0.15, 0.2) is 17.4 Å². The number of fused-ring (bicyclic) bond motifs is 1. The molecule has 1 aromatic carbocycles. The average molecular weight is 346 g/mol. The summed E-state index contributed by atoms with van der Waals surface area (Å²) >= 11 is 1.66. The van der Waals surface area contributed by atoms with E-state index >= 15 is 0 Å². The predicted molar refractivity (Wildman–Crippen MR) is 95.9 cm³/mol. The Kier molecular flexibility index (Phi) is 5.08. The molecule has 1 N–H and O–H groups in total. The number of carbonyl (C=O) groups excluding carboxylic acids is 2. The molecule has 0 aromatic heterocycles. The number of amidine groups is 1. The Bertz CT molecular complexity index is 649. The Hall–Kier alpha value is -2.02. The molecule has 2 atom stereocenters. The first-order valence-electron chi connectivity index (χ1n) is 8.20. The van der Waals surface area contributed by atoms with Crippen LogP contribution in [0.5, 0.6) is 0 Å². The Morgan fingerprint density at radius 3 is 2.71 bits per heavy atom. The van der Waals surface area contributed by atoms with Crippen molar-refractivity contribution in [1.29, 1.82) is 0 Å². The highest BCUT2D eigenvalue weighted by atomic mass is 32.2. The van der Waals surface area contributed by atoms with Crippen molar-refractivity contribution in [1.82, 2.24) is 15.1 Å². The molecule has 24 heavy (non-hydrogen) atoms. The largest absolute Gasteiger partial charge is 0.335 e. The van der Waals surface area contributed by atoms with Gasteiger partial charge >= 0.3 is 6.03 Å². The number of hydrogen-bond donors (Lipinski definition) is 1. The van der Waals surface area contributed by atoms with Gasteiger partial charge in [-0.2, -0.15) is 0 Å². The van der Waals surface area contributed by atoms with E-state index in [1.165, 1.54) is 10.5 Å². The van der Waals surface area contributed by atoms with Gasteiger partial charge in [0.05, 0.1) is 0 Å². The quantitative estimate of drug-likeness (QED) is 0.885. The van der Waals surface area contributed by atoms with Crippen molar-refractivity contribution < 1.29 is 9.59 Å². The Morgan fingerprint density at radius 2 is 2.00 bits per heavy atom. The highest BCUT2D eigenvalue weighted by Crippen LogP contribution is 2.28. The minimum Gasteiger partial charge on any atom is -0.335 e. The Morgan fingerprint density at radius 1 is 1.25 bits per heavy atom.